The van der Waals surface area contributed by atoms with Gasteiger partial charge in [-0.1, -0.05) is 47.1 Å². The normalized spacial score (nSPS) is 13.1. The van der Waals surface area contributed by atoms with Crippen molar-refractivity contribution in [2.45, 2.75) is 59.7 Å². The van der Waals surface area contributed by atoms with Crippen LogP contribution in [0.2, 0.25) is 0 Å². The third-order valence-corrected chi connectivity index (χ3v) is 7.34. The molecule has 2 amide bonds. The number of sulfonamides is 1. The molecule has 34 heavy (non-hydrogen) atoms. The first kappa shape index (κ1) is 27.9. The molecule has 186 valence electrons. The zero-order chi connectivity index (χ0) is 25.6. The van der Waals surface area contributed by atoms with Gasteiger partial charge < -0.3 is 10.2 Å². The highest BCUT2D eigenvalue weighted by Crippen LogP contribution is 2.25. The first-order valence-corrected chi connectivity index (χ1v) is 13.9. The van der Waals surface area contributed by atoms with Gasteiger partial charge in [0.05, 0.1) is 11.9 Å². The van der Waals surface area contributed by atoms with Crippen molar-refractivity contribution in [1.82, 2.24) is 10.2 Å². The largest absolute Gasteiger partial charge is 0.352 e. The van der Waals surface area contributed by atoms with Crippen LogP contribution in [0.25, 0.3) is 0 Å². The Labute approximate surface area is 211 Å². The van der Waals surface area contributed by atoms with Gasteiger partial charge in [-0.25, -0.2) is 8.42 Å². The summed E-state index contributed by atoms with van der Waals surface area (Å²) >= 11 is 3.44. The van der Waals surface area contributed by atoms with Crippen molar-refractivity contribution in [2.24, 2.45) is 0 Å². The Morgan fingerprint density at radius 1 is 1.09 bits per heavy atom. The molecule has 0 radical (unpaired) electrons. The average Bonchev–Trinajstić information content (AvgIpc) is 2.76. The van der Waals surface area contributed by atoms with Gasteiger partial charge >= 0.3 is 0 Å². The summed E-state index contributed by atoms with van der Waals surface area (Å²) in [6.07, 6.45) is 1.84. The smallest absolute Gasteiger partial charge is 0.244 e. The van der Waals surface area contributed by atoms with E-state index in [0.717, 1.165) is 38.1 Å². The number of aryl methyl sites for hydroxylation is 2. The van der Waals surface area contributed by atoms with E-state index in [0.29, 0.717) is 5.69 Å². The molecule has 0 spiro atoms. The fourth-order valence-corrected chi connectivity index (χ4v) is 4.81. The number of hydrogen-bond acceptors (Lipinski definition) is 4. The average molecular weight is 553 g/mol. The van der Waals surface area contributed by atoms with E-state index in [9.17, 15) is 18.0 Å². The quantitative estimate of drug-likeness (QED) is 0.480. The fourth-order valence-electron chi connectivity index (χ4n) is 3.46. The Morgan fingerprint density at radius 2 is 1.76 bits per heavy atom. The minimum Gasteiger partial charge on any atom is -0.352 e. The van der Waals surface area contributed by atoms with E-state index in [-0.39, 0.29) is 18.5 Å². The summed E-state index contributed by atoms with van der Waals surface area (Å²) in [6, 6.07) is 12.1. The monoisotopic (exact) mass is 551 g/mol. The second-order valence-electron chi connectivity index (χ2n) is 8.70. The summed E-state index contributed by atoms with van der Waals surface area (Å²) in [7, 11) is -3.76. The standard InChI is InChI=1S/C25H34BrN3O4S/c1-7-19(4)27-25(31)20(5)28(15-21-9-8-10-22(26)14-21)24(30)16-29(34(6,32)33)23-13-17(2)11-12-18(23)3/h8-14,19-20H,7,15-16H2,1-6H3,(H,27,31)/t19-,20-/m0/s1. The summed E-state index contributed by atoms with van der Waals surface area (Å²) in [5.41, 5.74) is 2.90. The topological polar surface area (TPSA) is 86.8 Å². The van der Waals surface area contributed by atoms with Gasteiger partial charge in [-0.2, -0.15) is 0 Å². The number of carbonyl (C=O) groups excluding carboxylic acids is 2. The SMILES string of the molecule is CC[C@H](C)NC(=O)[C@H](C)N(Cc1cccc(Br)c1)C(=O)CN(c1cc(C)ccc1C)S(C)(=O)=O. The third-order valence-electron chi connectivity index (χ3n) is 5.72. The number of carbonyl (C=O) groups is 2. The molecule has 0 saturated heterocycles. The molecule has 0 saturated carbocycles. The minimum atomic E-state index is -3.76. The zero-order valence-corrected chi connectivity index (χ0v) is 23.0. The first-order chi connectivity index (χ1) is 15.8. The number of nitrogens with zero attached hydrogens (tertiary/aromatic N) is 2. The van der Waals surface area contributed by atoms with Gasteiger partial charge in [0.1, 0.15) is 12.6 Å². The lowest BCUT2D eigenvalue weighted by Gasteiger charge is -2.32. The zero-order valence-electron chi connectivity index (χ0n) is 20.6. The first-order valence-electron chi connectivity index (χ1n) is 11.2. The predicted octanol–water partition coefficient (Wildman–Crippen LogP) is 4.16. The summed E-state index contributed by atoms with van der Waals surface area (Å²) in [4.78, 5) is 27.9. The molecule has 0 aromatic heterocycles. The summed E-state index contributed by atoms with van der Waals surface area (Å²) in [6.45, 7) is 8.96. The van der Waals surface area contributed by atoms with Gasteiger partial charge in [0.2, 0.25) is 21.8 Å². The van der Waals surface area contributed by atoms with E-state index >= 15 is 0 Å². The van der Waals surface area contributed by atoms with Crippen molar-refractivity contribution in [3.63, 3.8) is 0 Å². The number of anilines is 1. The van der Waals surface area contributed by atoms with E-state index in [1.54, 1.807) is 19.9 Å². The van der Waals surface area contributed by atoms with E-state index in [2.05, 4.69) is 21.2 Å². The Balaban J connectivity index is 2.43. The maximum atomic E-state index is 13.6. The molecule has 1 N–H and O–H groups in total. The second kappa shape index (κ2) is 11.8. The molecule has 2 rings (SSSR count). The number of halogens is 1. The molecule has 0 aliphatic rings. The predicted molar refractivity (Wildman–Crippen MR) is 140 cm³/mol. The molecular weight excluding hydrogens is 518 g/mol. The maximum Gasteiger partial charge on any atom is 0.244 e. The van der Waals surface area contributed by atoms with E-state index in [4.69, 9.17) is 0 Å². The molecule has 2 atom stereocenters. The van der Waals surface area contributed by atoms with E-state index in [1.165, 1.54) is 4.90 Å². The number of rotatable bonds is 10. The second-order valence-corrected chi connectivity index (χ2v) is 11.5. The number of amides is 2. The lowest BCUT2D eigenvalue weighted by Crippen LogP contribution is -2.52. The summed E-state index contributed by atoms with van der Waals surface area (Å²) in [5.74, 6) is -0.742. The molecule has 0 fully saturated rings. The van der Waals surface area contributed by atoms with Crippen LogP contribution in [0.15, 0.2) is 46.9 Å². The van der Waals surface area contributed by atoms with Crippen LogP contribution in [-0.4, -0.2) is 50.0 Å². The lowest BCUT2D eigenvalue weighted by atomic mass is 10.1. The van der Waals surface area contributed by atoms with Crippen molar-refractivity contribution in [3.05, 3.63) is 63.6 Å². The molecule has 0 unspecified atom stereocenters. The molecule has 9 heteroatoms. The molecule has 0 aliphatic carbocycles. The number of benzene rings is 2. The minimum absolute atomic E-state index is 0.0415. The molecule has 2 aromatic rings. The van der Waals surface area contributed by atoms with Gasteiger partial charge in [0.25, 0.3) is 0 Å². The van der Waals surface area contributed by atoms with Crippen molar-refractivity contribution in [1.29, 1.82) is 0 Å². The summed E-state index contributed by atoms with van der Waals surface area (Å²) in [5, 5.41) is 2.92. The Morgan fingerprint density at radius 3 is 2.35 bits per heavy atom. The molecule has 0 aliphatic heterocycles. The van der Waals surface area contributed by atoms with E-state index < -0.39 is 28.5 Å². The maximum absolute atomic E-state index is 13.6. The molecule has 0 bridgehead atoms. The van der Waals surface area contributed by atoms with Crippen LogP contribution >= 0.6 is 15.9 Å². The highest BCUT2D eigenvalue weighted by Gasteiger charge is 2.31. The van der Waals surface area contributed by atoms with Crippen LogP contribution in [0.3, 0.4) is 0 Å². The Bertz CT molecular complexity index is 1140. The Kier molecular flexibility index (Phi) is 9.70. The van der Waals surface area contributed by atoms with Gasteiger partial charge in [-0.05, 0) is 69.0 Å². The molecule has 0 heterocycles. The van der Waals surface area contributed by atoms with Gasteiger partial charge in [-0.15, -0.1) is 0 Å². The van der Waals surface area contributed by atoms with Gasteiger partial charge in [-0.3, -0.25) is 13.9 Å². The van der Waals surface area contributed by atoms with Crippen LogP contribution in [-0.2, 0) is 26.2 Å². The number of hydrogen-bond donors (Lipinski definition) is 1. The van der Waals surface area contributed by atoms with Crippen LogP contribution in [0.4, 0.5) is 5.69 Å². The Hall–Kier alpha value is -2.39. The van der Waals surface area contributed by atoms with Crippen molar-refractivity contribution >= 4 is 43.5 Å². The summed E-state index contributed by atoms with van der Waals surface area (Å²) < 4.78 is 27.4. The van der Waals surface area contributed by atoms with Gasteiger partial charge in [0, 0.05) is 17.1 Å². The van der Waals surface area contributed by atoms with Crippen LogP contribution in [0.1, 0.15) is 43.9 Å². The lowest BCUT2D eigenvalue weighted by molar-refractivity contribution is -0.139. The van der Waals surface area contributed by atoms with Gasteiger partial charge in [0.15, 0.2) is 0 Å². The van der Waals surface area contributed by atoms with Crippen LogP contribution in [0, 0.1) is 13.8 Å². The highest BCUT2D eigenvalue weighted by atomic mass is 79.9. The van der Waals surface area contributed by atoms with Crippen molar-refractivity contribution in [3.8, 4) is 0 Å². The van der Waals surface area contributed by atoms with Crippen molar-refractivity contribution < 1.29 is 18.0 Å². The van der Waals surface area contributed by atoms with Crippen LogP contribution < -0.4 is 9.62 Å². The van der Waals surface area contributed by atoms with E-state index in [1.807, 2.05) is 57.2 Å². The van der Waals surface area contributed by atoms with Crippen LogP contribution in [0.5, 0.6) is 0 Å². The highest BCUT2D eigenvalue weighted by molar-refractivity contribution is 9.10. The number of nitrogens with one attached hydrogen (secondary N) is 1. The third kappa shape index (κ3) is 7.56. The van der Waals surface area contributed by atoms with Crippen molar-refractivity contribution in [2.75, 3.05) is 17.1 Å². The molecular formula is C25H34BrN3O4S. The molecule has 2 aromatic carbocycles. The molecule has 7 nitrogen and oxygen atoms in total. The fraction of sp³-hybridized carbons (Fsp3) is 0.440.